The highest BCUT2D eigenvalue weighted by Gasteiger charge is 2.13. The normalized spacial score (nSPS) is 20.5. The van der Waals surface area contributed by atoms with Crippen LogP contribution in [0.3, 0.4) is 0 Å². The molecule has 10 heavy (non-hydrogen) atoms. The van der Waals surface area contributed by atoms with Crippen LogP contribution in [0.2, 0.25) is 0 Å². The van der Waals surface area contributed by atoms with Gasteiger partial charge in [0.25, 0.3) is 0 Å². The van der Waals surface area contributed by atoms with E-state index in [2.05, 4.69) is 15.9 Å². The summed E-state index contributed by atoms with van der Waals surface area (Å²) in [4.78, 5) is 11.4. The summed E-state index contributed by atoms with van der Waals surface area (Å²) >= 11 is 3.39. The molecule has 0 bridgehead atoms. The maximum absolute atomic E-state index is 11.1. The van der Waals surface area contributed by atoms with Gasteiger partial charge in [0.15, 0.2) is 5.78 Å². The molecule has 0 atom stereocenters. The molecular formula is C8H9BrO. The molecule has 0 saturated carbocycles. The van der Waals surface area contributed by atoms with E-state index in [0.29, 0.717) is 0 Å². The van der Waals surface area contributed by atoms with Crippen molar-refractivity contribution in [2.24, 2.45) is 0 Å². The monoisotopic (exact) mass is 200 g/mol. The van der Waals surface area contributed by atoms with Crippen LogP contribution in [-0.2, 0) is 4.79 Å². The molecule has 0 heterocycles. The van der Waals surface area contributed by atoms with Crippen molar-refractivity contribution in [3.05, 3.63) is 23.3 Å². The number of Topliss-reactive ketones (excluding diaryl/α,β-unsaturated/α-hetero) is 1. The van der Waals surface area contributed by atoms with Crippen LogP contribution in [-0.4, -0.2) is 10.6 Å². The van der Waals surface area contributed by atoms with Gasteiger partial charge in [0.1, 0.15) is 0 Å². The van der Waals surface area contributed by atoms with Crippen molar-refractivity contribution in [3.8, 4) is 0 Å². The molecule has 0 spiro atoms. The first-order valence-corrected chi connectivity index (χ1v) is 4.08. The van der Waals surface area contributed by atoms with Crippen molar-refractivity contribution in [1.82, 2.24) is 0 Å². The number of alkyl halides is 1. The minimum absolute atomic E-state index is 0.163. The van der Waals surface area contributed by atoms with Crippen molar-refractivity contribution in [2.75, 3.05) is 0 Å². The summed E-state index contributed by atoms with van der Waals surface area (Å²) in [6.45, 7) is 3.68. The Hall–Kier alpha value is -0.370. The lowest BCUT2D eigenvalue weighted by Crippen LogP contribution is -2.09. The minimum Gasteiger partial charge on any atom is -0.289 e. The van der Waals surface area contributed by atoms with E-state index < -0.39 is 0 Å². The van der Waals surface area contributed by atoms with Gasteiger partial charge in [-0.05, 0) is 25.0 Å². The number of hydrogen-bond acceptors (Lipinski definition) is 1. The lowest BCUT2D eigenvalue weighted by Gasteiger charge is -2.09. The number of carbonyl (C=O) groups is 1. The van der Waals surface area contributed by atoms with Gasteiger partial charge >= 0.3 is 0 Å². The smallest absolute Gasteiger partial charge is 0.183 e. The maximum atomic E-state index is 11.1. The van der Waals surface area contributed by atoms with Gasteiger partial charge in [0, 0.05) is 0 Å². The minimum atomic E-state index is 0.163. The fraction of sp³-hybridized carbons (Fsp3) is 0.375. The molecule has 0 radical (unpaired) electrons. The number of halogens is 1. The average Bonchev–Trinajstić information content (AvgIpc) is 1.82. The van der Waals surface area contributed by atoms with Crippen molar-refractivity contribution in [2.45, 2.75) is 18.7 Å². The fourth-order valence-corrected chi connectivity index (χ4v) is 1.78. The summed E-state index contributed by atoms with van der Waals surface area (Å²) in [5.74, 6) is 0.163. The molecule has 0 aliphatic heterocycles. The Morgan fingerprint density at radius 2 is 1.70 bits per heavy atom. The van der Waals surface area contributed by atoms with Gasteiger partial charge in [-0.15, -0.1) is 0 Å². The summed E-state index contributed by atoms with van der Waals surface area (Å²) < 4.78 is 0. The molecule has 2 heteroatoms. The first-order chi connectivity index (χ1) is 4.61. The van der Waals surface area contributed by atoms with Crippen molar-refractivity contribution in [1.29, 1.82) is 0 Å². The second-order valence-corrected chi connectivity index (χ2v) is 3.53. The molecule has 0 saturated heterocycles. The van der Waals surface area contributed by atoms with Gasteiger partial charge < -0.3 is 0 Å². The fourth-order valence-electron chi connectivity index (χ4n) is 0.988. The number of allylic oxidation sites excluding steroid dienone is 4. The topological polar surface area (TPSA) is 17.1 Å². The molecule has 0 amide bonds. The van der Waals surface area contributed by atoms with E-state index in [9.17, 15) is 4.79 Å². The van der Waals surface area contributed by atoms with E-state index >= 15 is 0 Å². The molecule has 0 N–H and O–H groups in total. The summed E-state index contributed by atoms with van der Waals surface area (Å²) in [6.07, 6.45) is 3.82. The lowest BCUT2D eigenvalue weighted by molar-refractivity contribution is -0.112. The van der Waals surface area contributed by atoms with Gasteiger partial charge in [0.05, 0.1) is 4.83 Å². The second-order valence-electron chi connectivity index (χ2n) is 2.47. The Bertz CT molecular complexity index is 203. The average molecular weight is 201 g/mol. The zero-order valence-electron chi connectivity index (χ0n) is 6.02. The van der Waals surface area contributed by atoms with E-state index in [1.54, 1.807) is 0 Å². The SMILES string of the molecule is CC1=CC(Br)C=C(C)C1=O. The van der Waals surface area contributed by atoms with Crippen LogP contribution in [0.15, 0.2) is 23.3 Å². The third-order valence-electron chi connectivity index (χ3n) is 1.53. The molecule has 0 fully saturated rings. The lowest BCUT2D eigenvalue weighted by atomic mass is 9.99. The number of hydrogen-bond donors (Lipinski definition) is 0. The van der Waals surface area contributed by atoms with Crippen LogP contribution in [0.25, 0.3) is 0 Å². The standard InChI is InChI=1S/C8H9BrO/c1-5-3-7(9)4-6(2)8(5)10/h3-4,7H,1-2H3. The van der Waals surface area contributed by atoms with Gasteiger partial charge in [-0.1, -0.05) is 28.1 Å². The van der Waals surface area contributed by atoms with Crippen molar-refractivity contribution < 1.29 is 4.79 Å². The van der Waals surface area contributed by atoms with Crippen LogP contribution in [0.1, 0.15) is 13.8 Å². The molecule has 1 nitrogen and oxygen atoms in total. The summed E-state index contributed by atoms with van der Waals surface area (Å²) in [7, 11) is 0. The highest BCUT2D eigenvalue weighted by atomic mass is 79.9. The first kappa shape index (κ1) is 7.73. The van der Waals surface area contributed by atoms with Crippen molar-refractivity contribution in [3.63, 3.8) is 0 Å². The quantitative estimate of drug-likeness (QED) is 0.549. The van der Waals surface area contributed by atoms with Crippen LogP contribution >= 0.6 is 15.9 Å². The summed E-state index contributed by atoms with van der Waals surface area (Å²) in [6, 6.07) is 0. The largest absolute Gasteiger partial charge is 0.289 e. The van der Waals surface area contributed by atoms with Crippen LogP contribution in [0, 0.1) is 0 Å². The second kappa shape index (κ2) is 2.70. The van der Waals surface area contributed by atoms with Crippen LogP contribution in [0.5, 0.6) is 0 Å². The highest BCUT2D eigenvalue weighted by molar-refractivity contribution is 9.09. The predicted octanol–water partition coefficient (Wildman–Crippen LogP) is 2.23. The third-order valence-corrected chi connectivity index (χ3v) is 2.06. The first-order valence-electron chi connectivity index (χ1n) is 3.17. The Labute approximate surface area is 68.9 Å². The Balaban J connectivity index is 2.94. The zero-order chi connectivity index (χ0) is 7.72. The number of carbonyl (C=O) groups excluding carboxylic acids is 1. The zero-order valence-corrected chi connectivity index (χ0v) is 7.60. The highest BCUT2D eigenvalue weighted by Crippen LogP contribution is 2.18. The van der Waals surface area contributed by atoms with Crippen LogP contribution < -0.4 is 0 Å². The van der Waals surface area contributed by atoms with E-state index in [4.69, 9.17) is 0 Å². The summed E-state index contributed by atoms with van der Waals surface area (Å²) in [5.41, 5.74) is 1.67. The molecule has 0 aromatic heterocycles. The van der Waals surface area contributed by atoms with Gasteiger partial charge in [0.2, 0.25) is 0 Å². The summed E-state index contributed by atoms with van der Waals surface area (Å²) in [5, 5.41) is 0. The van der Waals surface area contributed by atoms with Gasteiger partial charge in [-0.2, -0.15) is 0 Å². The third kappa shape index (κ3) is 1.37. The molecular weight excluding hydrogens is 192 g/mol. The molecule has 0 unspecified atom stereocenters. The Morgan fingerprint density at radius 3 is 2.10 bits per heavy atom. The predicted molar refractivity (Wildman–Crippen MR) is 45.2 cm³/mol. The van der Waals surface area contributed by atoms with E-state index in [1.165, 1.54) is 0 Å². The van der Waals surface area contributed by atoms with Gasteiger partial charge in [-0.25, -0.2) is 0 Å². The number of ketones is 1. The molecule has 1 aliphatic rings. The molecule has 1 aliphatic carbocycles. The molecule has 0 aromatic rings. The van der Waals surface area contributed by atoms with Gasteiger partial charge in [-0.3, -0.25) is 4.79 Å². The van der Waals surface area contributed by atoms with E-state index in [1.807, 2.05) is 26.0 Å². The molecule has 54 valence electrons. The molecule has 1 rings (SSSR count). The van der Waals surface area contributed by atoms with Crippen LogP contribution in [0.4, 0.5) is 0 Å². The Morgan fingerprint density at radius 1 is 1.30 bits per heavy atom. The Kier molecular flexibility index (Phi) is 2.09. The maximum Gasteiger partial charge on any atom is 0.183 e. The van der Waals surface area contributed by atoms with E-state index in [-0.39, 0.29) is 10.6 Å². The van der Waals surface area contributed by atoms with Crippen molar-refractivity contribution >= 4 is 21.7 Å². The molecule has 0 aromatic carbocycles. The van der Waals surface area contributed by atoms with E-state index in [0.717, 1.165) is 11.1 Å². The number of rotatable bonds is 0.